The van der Waals surface area contributed by atoms with E-state index in [2.05, 4.69) is 10.3 Å². The van der Waals surface area contributed by atoms with E-state index >= 15 is 0 Å². The maximum Gasteiger partial charge on any atom is 0.291 e. The number of rotatable bonds is 5. The van der Waals surface area contributed by atoms with E-state index in [0.717, 1.165) is 21.0 Å². The standard InChI is InChI=1S/C21H16N2O4S2/c1-12-9-28-21(22-12)29-10-15-14-4-2-3-5-16(14)27-19(15)20(24)23-13-6-7-17-18(8-13)26-11-25-17/h2-9H,10-11H2,1H3,(H,23,24). The van der Waals surface area contributed by atoms with Crippen molar-refractivity contribution in [3.05, 3.63) is 64.9 Å². The van der Waals surface area contributed by atoms with Gasteiger partial charge in [0.2, 0.25) is 6.79 Å². The molecule has 0 radical (unpaired) electrons. The molecule has 0 saturated carbocycles. The number of aromatic nitrogens is 1. The SMILES string of the molecule is Cc1csc(SCc2c(C(=O)Nc3ccc4c(c3)OCO4)oc3ccccc23)n1. The molecule has 29 heavy (non-hydrogen) atoms. The zero-order valence-corrected chi connectivity index (χ0v) is 17.1. The highest BCUT2D eigenvalue weighted by Gasteiger charge is 2.22. The van der Waals surface area contributed by atoms with E-state index in [1.54, 1.807) is 41.3 Å². The molecule has 0 fully saturated rings. The summed E-state index contributed by atoms with van der Waals surface area (Å²) in [6, 6.07) is 13.0. The number of thioether (sulfide) groups is 1. The maximum atomic E-state index is 13.0. The Morgan fingerprint density at radius 1 is 1.21 bits per heavy atom. The van der Waals surface area contributed by atoms with Crippen molar-refractivity contribution in [2.75, 3.05) is 12.1 Å². The van der Waals surface area contributed by atoms with Crippen molar-refractivity contribution in [1.82, 2.24) is 4.98 Å². The Bertz CT molecular complexity index is 1210. The maximum absolute atomic E-state index is 13.0. The molecule has 3 heterocycles. The van der Waals surface area contributed by atoms with Gasteiger partial charge in [-0.1, -0.05) is 30.0 Å². The second-order valence-electron chi connectivity index (χ2n) is 6.47. The third-order valence-electron chi connectivity index (χ3n) is 4.47. The summed E-state index contributed by atoms with van der Waals surface area (Å²) in [5.74, 6) is 1.88. The third-order valence-corrected chi connectivity index (χ3v) is 6.64. The molecule has 4 aromatic rings. The van der Waals surface area contributed by atoms with E-state index in [0.29, 0.717) is 34.3 Å². The van der Waals surface area contributed by atoms with Gasteiger partial charge >= 0.3 is 0 Å². The molecule has 0 saturated heterocycles. The van der Waals surface area contributed by atoms with E-state index < -0.39 is 0 Å². The van der Waals surface area contributed by atoms with Gasteiger partial charge in [0, 0.05) is 39.5 Å². The quantitative estimate of drug-likeness (QED) is 0.428. The number of aryl methyl sites for hydroxylation is 1. The fourth-order valence-corrected chi connectivity index (χ4v) is 5.00. The van der Waals surface area contributed by atoms with Gasteiger partial charge in [0.1, 0.15) is 9.92 Å². The van der Waals surface area contributed by atoms with Crippen LogP contribution in [0.2, 0.25) is 0 Å². The Morgan fingerprint density at radius 3 is 2.93 bits per heavy atom. The number of thiazole rings is 1. The van der Waals surface area contributed by atoms with Gasteiger partial charge in [0.25, 0.3) is 5.91 Å². The number of ether oxygens (including phenoxy) is 2. The third kappa shape index (κ3) is 3.56. The van der Waals surface area contributed by atoms with Gasteiger partial charge in [-0.3, -0.25) is 4.79 Å². The molecular weight excluding hydrogens is 408 g/mol. The van der Waals surface area contributed by atoms with Crippen LogP contribution in [0.5, 0.6) is 11.5 Å². The zero-order valence-electron chi connectivity index (χ0n) is 15.4. The number of amides is 1. The lowest BCUT2D eigenvalue weighted by atomic mass is 10.1. The summed E-state index contributed by atoms with van der Waals surface area (Å²) in [5, 5.41) is 5.85. The molecule has 1 aliphatic heterocycles. The minimum atomic E-state index is -0.300. The summed E-state index contributed by atoms with van der Waals surface area (Å²) in [6.45, 7) is 2.16. The van der Waals surface area contributed by atoms with Crippen molar-refractivity contribution in [3.8, 4) is 11.5 Å². The van der Waals surface area contributed by atoms with Gasteiger partial charge in [0.05, 0.1) is 0 Å². The van der Waals surface area contributed by atoms with Crippen LogP contribution in [-0.4, -0.2) is 17.7 Å². The summed E-state index contributed by atoms with van der Waals surface area (Å²) >= 11 is 3.20. The van der Waals surface area contributed by atoms with Gasteiger partial charge in [-0.15, -0.1) is 11.3 Å². The highest BCUT2D eigenvalue weighted by molar-refractivity contribution is 8.00. The number of fused-ring (bicyclic) bond motifs is 2. The molecule has 1 amide bonds. The minimum Gasteiger partial charge on any atom is -0.454 e. The second-order valence-corrected chi connectivity index (χ2v) is 8.55. The smallest absolute Gasteiger partial charge is 0.291 e. The van der Waals surface area contributed by atoms with Crippen LogP contribution in [0.4, 0.5) is 5.69 Å². The molecule has 1 aliphatic rings. The summed E-state index contributed by atoms with van der Waals surface area (Å²) < 4.78 is 17.6. The number of benzene rings is 2. The number of hydrogen-bond acceptors (Lipinski definition) is 7. The van der Waals surface area contributed by atoms with Crippen LogP contribution in [0.25, 0.3) is 11.0 Å². The first-order valence-corrected chi connectivity index (χ1v) is 10.8. The second kappa shape index (κ2) is 7.46. The van der Waals surface area contributed by atoms with Crippen LogP contribution >= 0.6 is 23.1 Å². The fraction of sp³-hybridized carbons (Fsp3) is 0.143. The van der Waals surface area contributed by atoms with Crippen LogP contribution in [0, 0.1) is 6.92 Å². The first-order chi connectivity index (χ1) is 14.2. The minimum absolute atomic E-state index is 0.188. The summed E-state index contributed by atoms with van der Waals surface area (Å²) in [5.41, 5.74) is 3.16. The molecule has 146 valence electrons. The lowest BCUT2D eigenvalue weighted by Gasteiger charge is -2.06. The number of nitrogens with zero attached hydrogens (tertiary/aromatic N) is 1. The normalized spacial score (nSPS) is 12.4. The fourth-order valence-electron chi connectivity index (χ4n) is 3.12. The molecule has 0 spiro atoms. The molecule has 0 atom stereocenters. The zero-order chi connectivity index (χ0) is 19.8. The topological polar surface area (TPSA) is 73.6 Å². The molecule has 5 rings (SSSR count). The number of hydrogen-bond donors (Lipinski definition) is 1. The molecule has 2 aromatic heterocycles. The van der Waals surface area contributed by atoms with Crippen molar-refractivity contribution in [2.45, 2.75) is 17.0 Å². The molecule has 0 bridgehead atoms. The number of furan rings is 1. The monoisotopic (exact) mass is 424 g/mol. The lowest BCUT2D eigenvalue weighted by Crippen LogP contribution is -2.12. The van der Waals surface area contributed by atoms with E-state index in [1.165, 1.54) is 0 Å². The number of para-hydroxylation sites is 1. The van der Waals surface area contributed by atoms with Crippen molar-refractivity contribution >= 4 is 45.7 Å². The van der Waals surface area contributed by atoms with Crippen molar-refractivity contribution in [1.29, 1.82) is 0 Å². The average Bonchev–Trinajstić information content (AvgIpc) is 3.44. The molecule has 2 aromatic carbocycles. The Hall–Kier alpha value is -2.97. The van der Waals surface area contributed by atoms with Crippen LogP contribution in [0.15, 0.2) is 56.6 Å². The van der Waals surface area contributed by atoms with Crippen molar-refractivity contribution in [2.24, 2.45) is 0 Å². The Kier molecular flexibility index (Phi) is 4.65. The van der Waals surface area contributed by atoms with E-state index in [1.807, 2.05) is 36.6 Å². The molecular formula is C21H16N2O4S2. The molecule has 6 nitrogen and oxygen atoms in total. The molecule has 0 aliphatic carbocycles. The number of nitrogens with one attached hydrogen (secondary N) is 1. The van der Waals surface area contributed by atoms with Gasteiger partial charge in [-0.25, -0.2) is 4.98 Å². The van der Waals surface area contributed by atoms with Gasteiger partial charge in [-0.2, -0.15) is 0 Å². The predicted octanol–water partition coefficient (Wildman–Crippen LogP) is 5.47. The summed E-state index contributed by atoms with van der Waals surface area (Å²) in [6.07, 6.45) is 0. The Labute approximate surface area is 174 Å². The van der Waals surface area contributed by atoms with Gasteiger partial charge in [-0.05, 0) is 25.1 Å². The van der Waals surface area contributed by atoms with E-state index in [4.69, 9.17) is 13.9 Å². The summed E-state index contributed by atoms with van der Waals surface area (Å²) in [4.78, 5) is 17.5. The van der Waals surface area contributed by atoms with Crippen molar-refractivity contribution in [3.63, 3.8) is 0 Å². The van der Waals surface area contributed by atoms with E-state index in [-0.39, 0.29) is 12.7 Å². The first-order valence-electron chi connectivity index (χ1n) is 8.94. The highest BCUT2D eigenvalue weighted by Crippen LogP contribution is 2.36. The predicted molar refractivity (Wildman–Crippen MR) is 113 cm³/mol. The summed E-state index contributed by atoms with van der Waals surface area (Å²) in [7, 11) is 0. The largest absolute Gasteiger partial charge is 0.454 e. The number of carbonyl (C=O) groups excluding carboxylic acids is 1. The van der Waals surface area contributed by atoms with Crippen molar-refractivity contribution < 1.29 is 18.7 Å². The highest BCUT2D eigenvalue weighted by atomic mass is 32.2. The lowest BCUT2D eigenvalue weighted by molar-refractivity contribution is 0.0998. The Morgan fingerprint density at radius 2 is 2.07 bits per heavy atom. The van der Waals surface area contributed by atoms with Crippen LogP contribution in [0.3, 0.4) is 0 Å². The average molecular weight is 425 g/mol. The molecule has 8 heteroatoms. The van der Waals surface area contributed by atoms with Crippen LogP contribution < -0.4 is 14.8 Å². The Balaban J connectivity index is 1.44. The van der Waals surface area contributed by atoms with Crippen LogP contribution in [0.1, 0.15) is 21.8 Å². The van der Waals surface area contributed by atoms with E-state index in [9.17, 15) is 4.79 Å². The number of carbonyl (C=O) groups is 1. The van der Waals surface area contributed by atoms with Crippen LogP contribution in [-0.2, 0) is 5.75 Å². The molecule has 1 N–H and O–H groups in total. The first kappa shape index (κ1) is 18.1. The van der Waals surface area contributed by atoms with Gasteiger partial charge < -0.3 is 19.2 Å². The number of anilines is 1. The molecule has 0 unspecified atom stereocenters. The van der Waals surface area contributed by atoms with Gasteiger partial charge in [0.15, 0.2) is 17.3 Å².